The summed E-state index contributed by atoms with van der Waals surface area (Å²) in [6.45, 7) is 2.84. The minimum absolute atomic E-state index is 0.0637. The maximum atomic E-state index is 12.1. The van der Waals surface area contributed by atoms with Crippen molar-refractivity contribution in [1.29, 1.82) is 0 Å². The number of rotatable bonds is 13. The van der Waals surface area contributed by atoms with Crippen molar-refractivity contribution in [3.8, 4) is 17.2 Å². The molecule has 3 aromatic carbocycles. The van der Waals surface area contributed by atoms with Gasteiger partial charge in [0.05, 0.1) is 12.1 Å². The fourth-order valence-corrected chi connectivity index (χ4v) is 3.99. The highest BCUT2D eigenvalue weighted by molar-refractivity contribution is 5.98. The molecular weight excluding hydrogens is 482 g/mol. The van der Waals surface area contributed by atoms with Crippen molar-refractivity contribution in [2.75, 3.05) is 26.3 Å². The molecular formula is C30H33N3O5. The number of aliphatic hydroxyl groups is 2. The molecule has 0 saturated carbocycles. The van der Waals surface area contributed by atoms with E-state index in [4.69, 9.17) is 9.47 Å². The molecule has 0 aliphatic carbocycles. The van der Waals surface area contributed by atoms with E-state index >= 15 is 0 Å². The first-order valence-electron chi connectivity index (χ1n) is 12.7. The van der Waals surface area contributed by atoms with Gasteiger partial charge in [0.1, 0.15) is 30.0 Å². The topological polar surface area (TPSA) is 113 Å². The molecule has 4 rings (SSSR count). The lowest BCUT2D eigenvalue weighted by Crippen LogP contribution is -2.41. The molecule has 0 saturated heterocycles. The second-order valence-electron chi connectivity index (χ2n) is 8.92. The van der Waals surface area contributed by atoms with Crippen LogP contribution in [-0.2, 0) is 6.42 Å². The lowest BCUT2D eigenvalue weighted by molar-refractivity contribution is 0.0955. The SMILES string of the molecule is CCNC(=O)c1ccc2c(Oc3ccc(C[C@@H](CO)NC[C@H](O)COc4ccccc4)cc3)ccnc2c1. The van der Waals surface area contributed by atoms with Crippen molar-refractivity contribution in [2.24, 2.45) is 0 Å². The zero-order valence-electron chi connectivity index (χ0n) is 21.3. The number of hydrogen-bond acceptors (Lipinski definition) is 7. The Balaban J connectivity index is 1.31. The highest BCUT2D eigenvalue weighted by atomic mass is 16.5. The lowest BCUT2D eigenvalue weighted by atomic mass is 10.1. The quantitative estimate of drug-likeness (QED) is 0.215. The number of para-hydroxylation sites is 1. The van der Waals surface area contributed by atoms with Gasteiger partial charge < -0.3 is 30.3 Å². The second-order valence-corrected chi connectivity index (χ2v) is 8.92. The molecule has 0 bridgehead atoms. The molecule has 8 nitrogen and oxygen atoms in total. The molecule has 4 aromatic rings. The van der Waals surface area contributed by atoms with E-state index in [9.17, 15) is 15.0 Å². The summed E-state index contributed by atoms with van der Waals surface area (Å²) < 4.78 is 11.7. The molecule has 0 spiro atoms. The third kappa shape index (κ3) is 7.52. The molecule has 1 heterocycles. The molecule has 0 aliphatic rings. The van der Waals surface area contributed by atoms with Crippen LogP contribution >= 0.6 is 0 Å². The minimum atomic E-state index is -0.702. The Bertz CT molecular complexity index is 1310. The number of benzene rings is 3. The number of hydrogen-bond donors (Lipinski definition) is 4. The van der Waals surface area contributed by atoms with Crippen LogP contribution in [0.5, 0.6) is 17.2 Å². The predicted octanol–water partition coefficient (Wildman–Crippen LogP) is 3.71. The highest BCUT2D eigenvalue weighted by Gasteiger charge is 2.13. The Hall–Kier alpha value is -3.98. The molecule has 1 aromatic heterocycles. The van der Waals surface area contributed by atoms with E-state index in [1.165, 1.54) is 0 Å². The fraction of sp³-hybridized carbons (Fsp3) is 0.267. The van der Waals surface area contributed by atoms with Crippen LogP contribution in [0.4, 0.5) is 0 Å². The number of carbonyl (C=O) groups is 1. The van der Waals surface area contributed by atoms with Crippen LogP contribution in [0.1, 0.15) is 22.8 Å². The van der Waals surface area contributed by atoms with E-state index in [0.29, 0.717) is 47.8 Å². The maximum absolute atomic E-state index is 12.1. The van der Waals surface area contributed by atoms with Gasteiger partial charge in [0, 0.05) is 36.3 Å². The average molecular weight is 516 g/mol. The maximum Gasteiger partial charge on any atom is 0.251 e. The third-order valence-electron chi connectivity index (χ3n) is 5.98. The molecule has 2 atom stereocenters. The van der Waals surface area contributed by atoms with E-state index in [1.807, 2.05) is 67.6 Å². The number of aliphatic hydroxyl groups excluding tert-OH is 2. The van der Waals surface area contributed by atoms with Crippen LogP contribution in [0.15, 0.2) is 85.1 Å². The monoisotopic (exact) mass is 515 g/mol. The van der Waals surface area contributed by atoms with Gasteiger partial charge in [0.2, 0.25) is 0 Å². The zero-order chi connectivity index (χ0) is 26.7. The Morgan fingerprint density at radius 1 is 1.00 bits per heavy atom. The van der Waals surface area contributed by atoms with Crippen molar-refractivity contribution in [3.63, 3.8) is 0 Å². The van der Waals surface area contributed by atoms with Gasteiger partial charge in [-0.2, -0.15) is 0 Å². The van der Waals surface area contributed by atoms with Crippen molar-refractivity contribution < 1.29 is 24.5 Å². The number of carbonyl (C=O) groups excluding carboxylic acids is 1. The van der Waals surface area contributed by atoms with E-state index in [-0.39, 0.29) is 25.2 Å². The molecule has 1 amide bonds. The Labute approximate surface area is 222 Å². The van der Waals surface area contributed by atoms with Crippen LogP contribution in [0.25, 0.3) is 10.9 Å². The Kier molecular flexibility index (Phi) is 9.64. The number of ether oxygens (including phenoxy) is 2. The minimum Gasteiger partial charge on any atom is -0.491 e. The number of pyridine rings is 1. The third-order valence-corrected chi connectivity index (χ3v) is 5.98. The van der Waals surface area contributed by atoms with E-state index < -0.39 is 6.10 Å². The van der Waals surface area contributed by atoms with Crippen LogP contribution in [0.2, 0.25) is 0 Å². The van der Waals surface area contributed by atoms with Crippen molar-refractivity contribution in [3.05, 3.63) is 96.2 Å². The summed E-state index contributed by atoms with van der Waals surface area (Å²) >= 11 is 0. The summed E-state index contributed by atoms with van der Waals surface area (Å²) in [5.74, 6) is 1.88. The van der Waals surface area contributed by atoms with Gasteiger partial charge in [0.25, 0.3) is 5.91 Å². The van der Waals surface area contributed by atoms with Crippen molar-refractivity contribution in [2.45, 2.75) is 25.5 Å². The van der Waals surface area contributed by atoms with Gasteiger partial charge in [-0.15, -0.1) is 0 Å². The first-order valence-corrected chi connectivity index (χ1v) is 12.7. The summed E-state index contributed by atoms with van der Waals surface area (Å²) in [5.41, 5.74) is 2.25. The van der Waals surface area contributed by atoms with Gasteiger partial charge in [0.15, 0.2) is 0 Å². The normalized spacial score (nSPS) is 12.6. The van der Waals surface area contributed by atoms with Crippen molar-refractivity contribution >= 4 is 16.8 Å². The number of aromatic nitrogens is 1. The number of fused-ring (bicyclic) bond motifs is 1. The first kappa shape index (κ1) is 27.1. The largest absolute Gasteiger partial charge is 0.491 e. The summed E-state index contributed by atoms with van der Waals surface area (Å²) in [5, 5.41) is 26.8. The number of amides is 1. The number of nitrogens with one attached hydrogen (secondary N) is 2. The molecule has 0 fully saturated rings. The first-order chi connectivity index (χ1) is 18.6. The Morgan fingerprint density at radius 3 is 2.53 bits per heavy atom. The van der Waals surface area contributed by atoms with Gasteiger partial charge in [-0.1, -0.05) is 30.3 Å². The van der Waals surface area contributed by atoms with E-state index in [0.717, 1.165) is 10.9 Å². The van der Waals surface area contributed by atoms with Gasteiger partial charge in [-0.25, -0.2) is 0 Å². The number of nitrogens with zero attached hydrogens (tertiary/aromatic N) is 1. The summed E-state index contributed by atoms with van der Waals surface area (Å²) in [7, 11) is 0. The average Bonchev–Trinajstić information content (AvgIpc) is 2.95. The highest BCUT2D eigenvalue weighted by Crippen LogP contribution is 2.29. The standard InChI is InChI=1S/C30H33N3O5/c1-2-31-30(36)22-10-13-27-28(17-22)32-15-14-29(27)38-26-11-8-21(9-12-26)16-23(19-34)33-18-24(35)20-37-25-6-4-3-5-7-25/h3-15,17,23-24,33-35H,2,16,18-20H2,1H3,(H,31,36)/t23-,24-/m0/s1. The molecule has 38 heavy (non-hydrogen) atoms. The predicted molar refractivity (Wildman–Crippen MR) is 147 cm³/mol. The van der Waals surface area contributed by atoms with Crippen LogP contribution < -0.4 is 20.1 Å². The second kappa shape index (κ2) is 13.5. The lowest BCUT2D eigenvalue weighted by Gasteiger charge is -2.19. The molecule has 0 unspecified atom stereocenters. The molecule has 0 radical (unpaired) electrons. The molecule has 0 aliphatic heterocycles. The molecule has 198 valence electrons. The van der Waals surface area contributed by atoms with E-state index in [1.54, 1.807) is 24.4 Å². The molecule has 4 N–H and O–H groups in total. The Morgan fingerprint density at radius 2 is 1.79 bits per heavy atom. The molecule has 8 heteroatoms. The van der Waals surface area contributed by atoms with Crippen LogP contribution in [-0.4, -0.2) is 59.6 Å². The summed E-state index contributed by atoms with van der Waals surface area (Å²) in [6.07, 6.45) is 1.54. The summed E-state index contributed by atoms with van der Waals surface area (Å²) in [6, 6.07) is 23.9. The van der Waals surface area contributed by atoms with Crippen LogP contribution in [0, 0.1) is 0 Å². The van der Waals surface area contributed by atoms with Crippen LogP contribution in [0.3, 0.4) is 0 Å². The summed E-state index contributed by atoms with van der Waals surface area (Å²) in [4.78, 5) is 16.5. The fourth-order valence-electron chi connectivity index (χ4n) is 3.99. The smallest absolute Gasteiger partial charge is 0.251 e. The van der Waals surface area contributed by atoms with Crippen molar-refractivity contribution in [1.82, 2.24) is 15.6 Å². The zero-order valence-corrected chi connectivity index (χ0v) is 21.3. The van der Waals surface area contributed by atoms with E-state index in [2.05, 4.69) is 15.6 Å². The van der Waals surface area contributed by atoms with Gasteiger partial charge >= 0.3 is 0 Å². The van der Waals surface area contributed by atoms with Gasteiger partial charge in [-0.3, -0.25) is 9.78 Å². The van der Waals surface area contributed by atoms with Gasteiger partial charge in [-0.05, 0) is 67.4 Å².